The van der Waals surface area contributed by atoms with Crippen LogP contribution in [0.3, 0.4) is 0 Å². The highest BCUT2D eigenvalue weighted by Crippen LogP contribution is 2.33. The predicted molar refractivity (Wildman–Crippen MR) is 141 cm³/mol. The number of hydrogen-bond acceptors (Lipinski definition) is 4. The molecular formula is C30H34N4O. The van der Waals surface area contributed by atoms with E-state index < -0.39 is 0 Å². The topological polar surface area (TPSA) is 39.2 Å². The summed E-state index contributed by atoms with van der Waals surface area (Å²) in [6.45, 7) is 9.30. The number of carbonyl (C=O) groups is 1. The molecule has 0 spiro atoms. The smallest absolute Gasteiger partial charge is 0.257 e. The fourth-order valence-electron chi connectivity index (χ4n) is 4.92. The molecule has 1 fully saturated rings. The van der Waals surface area contributed by atoms with Gasteiger partial charge in [0.2, 0.25) is 0 Å². The first-order valence-electron chi connectivity index (χ1n) is 12.6. The third-order valence-electron chi connectivity index (χ3n) is 7.09. The van der Waals surface area contributed by atoms with Gasteiger partial charge in [0.25, 0.3) is 5.91 Å². The van der Waals surface area contributed by atoms with Gasteiger partial charge in [-0.3, -0.25) is 14.6 Å². The molecule has 180 valence electrons. The SMILES string of the molecule is Cc1ccc(C2=NN(C(=O)CN3CCN(Cc4ccccc4)CC3)C(c3ccc(C)cc3)C2)cc1. The Hall–Kier alpha value is -3.28. The first kappa shape index (κ1) is 23.5. The average molecular weight is 467 g/mol. The molecule has 3 aromatic rings. The van der Waals surface area contributed by atoms with Gasteiger partial charge in [-0.15, -0.1) is 0 Å². The van der Waals surface area contributed by atoms with E-state index in [1.165, 1.54) is 16.7 Å². The minimum atomic E-state index is -0.0567. The lowest BCUT2D eigenvalue weighted by Crippen LogP contribution is -2.49. The largest absolute Gasteiger partial charge is 0.297 e. The molecule has 0 saturated carbocycles. The maximum absolute atomic E-state index is 13.5. The van der Waals surface area contributed by atoms with Crippen LogP contribution in [0.4, 0.5) is 0 Å². The number of rotatable bonds is 6. The molecule has 2 aliphatic heterocycles. The molecule has 0 N–H and O–H groups in total. The second-order valence-corrected chi connectivity index (χ2v) is 9.82. The Morgan fingerprint density at radius 1 is 0.800 bits per heavy atom. The van der Waals surface area contributed by atoms with E-state index in [0.29, 0.717) is 6.54 Å². The number of carbonyl (C=O) groups excluding carboxylic acids is 1. The molecule has 2 aliphatic rings. The van der Waals surface area contributed by atoms with E-state index in [0.717, 1.165) is 56.0 Å². The zero-order valence-electron chi connectivity index (χ0n) is 20.7. The number of amides is 1. The van der Waals surface area contributed by atoms with E-state index in [2.05, 4.69) is 103 Å². The quantitative estimate of drug-likeness (QED) is 0.524. The summed E-state index contributed by atoms with van der Waals surface area (Å²) in [5, 5.41) is 6.61. The van der Waals surface area contributed by atoms with Crippen LogP contribution in [0.25, 0.3) is 0 Å². The highest BCUT2D eigenvalue weighted by molar-refractivity contribution is 6.03. The lowest BCUT2D eigenvalue weighted by molar-refractivity contribution is -0.134. The van der Waals surface area contributed by atoms with E-state index >= 15 is 0 Å². The molecule has 5 rings (SSSR count). The first-order valence-corrected chi connectivity index (χ1v) is 12.6. The number of aryl methyl sites for hydroxylation is 2. The molecule has 5 nitrogen and oxygen atoms in total. The maximum Gasteiger partial charge on any atom is 0.257 e. The Morgan fingerprint density at radius 3 is 2.06 bits per heavy atom. The summed E-state index contributed by atoms with van der Waals surface area (Å²) >= 11 is 0. The third kappa shape index (κ3) is 5.69. The van der Waals surface area contributed by atoms with E-state index in [4.69, 9.17) is 5.10 Å². The zero-order chi connectivity index (χ0) is 24.2. The van der Waals surface area contributed by atoms with Crippen molar-refractivity contribution < 1.29 is 4.79 Å². The maximum atomic E-state index is 13.5. The molecule has 1 unspecified atom stereocenters. The molecule has 1 saturated heterocycles. The van der Waals surface area contributed by atoms with Gasteiger partial charge in [-0.2, -0.15) is 5.10 Å². The number of piperazine rings is 1. The Morgan fingerprint density at radius 2 is 1.40 bits per heavy atom. The lowest BCUT2D eigenvalue weighted by Gasteiger charge is -2.35. The van der Waals surface area contributed by atoms with Crippen LogP contribution in [0.5, 0.6) is 0 Å². The van der Waals surface area contributed by atoms with Crippen LogP contribution in [0.1, 0.15) is 40.3 Å². The van der Waals surface area contributed by atoms with Crippen LogP contribution in [-0.4, -0.2) is 59.2 Å². The Labute approximate surface area is 208 Å². The van der Waals surface area contributed by atoms with Crippen LogP contribution in [0.15, 0.2) is 84.0 Å². The van der Waals surface area contributed by atoms with Crippen molar-refractivity contribution in [3.8, 4) is 0 Å². The van der Waals surface area contributed by atoms with Gasteiger partial charge < -0.3 is 0 Å². The van der Waals surface area contributed by atoms with Crippen molar-refractivity contribution in [1.82, 2.24) is 14.8 Å². The summed E-state index contributed by atoms with van der Waals surface area (Å²) in [4.78, 5) is 18.3. The summed E-state index contributed by atoms with van der Waals surface area (Å²) < 4.78 is 0. The van der Waals surface area contributed by atoms with Crippen LogP contribution >= 0.6 is 0 Å². The van der Waals surface area contributed by atoms with Crippen LogP contribution < -0.4 is 0 Å². The predicted octanol–water partition coefficient (Wildman–Crippen LogP) is 4.80. The molecule has 0 aromatic heterocycles. The van der Waals surface area contributed by atoms with Crippen molar-refractivity contribution >= 4 is 11.6 Å². The van der Waals surface area contributed by atoms with Crippen molar-refractivity contribution in [3.05, 3.63) is 107 Å². The van der Waals surface area contributed by atoms with Gasteiger partial charge >= 0.3 is 0 Å². The average Bonchev–Trinajstić information content (AvgIpc) is 3.32. The molecule has 2 heterocycles. The van der Waals surface area contributed by atoms with E-state index in [1.807, 2.05) is 0 Å². The molecule has 35 heavy (non-hydrogen) atoms. The summed E-state index contributed by atoms with van der Waals surface area (Å²) in [7, 11) is 0. The van der Waals surface area contributed by atoms with Crippen molar-refractivity contribution in [3.63, 3.8) is 0 Å². The summed E-state index contributed by atoms with van der Waals surface area (Å²) in [6.07, 6.45) is 0.739. The van der Waals surface area contributed by atoms with E-state index in [9.17, 15) is 4.79 Å². The fourth-order valence-corrected chi connectivity index (χ4v) is 4.92. The second-order valence-electron chi connectivity index (χ2n) is 9.82. The minimum Gasteiger partial charge on any atom is -0.297 e. The van der Waals surface area contributed by atoms with E-state index in [1.54, 1.807) is 5.01 Å². The number of nitrogens with zero attached hydrogens (tertiary/aromatic N) is 4. The third-order valence-corrected chi connectivity index (χ3v) is 7.09. The second kappa shape index (κ2) is 10.5. The number of hydrogen-bond donors (Lipinski definition) is 0. The zero-order valence-corrected chi connectivity index (χ0v) is 20.7. The number of benzene rings is 3. The van der Waals surface area contributed by atoms with Crippen LogP contribution in [-0.2, 0) is 11.3 Å². The normalized spacial score (nSPS) is 19.1. The molecule has 1 amide bonds. The van der Waals surface area contributed by atoms with Gasteiger partial charge in [-0.25, -0.2) is 5.01 Å². The summed E-state index contributed by atoms with van der Waals surface area (Å²) in [5.41, 5.74) is 7.00. The van der Waals surface area contributed by atoms with Gasteiger partial charge in [0.05, 0.1) is 18.3 Å². The molecule has 0 aliphatic carbocycles. The Bertz CT molecular complexity index is 1160. The molecule has 0 bridgehead atoms. The van der Waals surface area contributed by atoms with Gasteiger partial charge in [0, 0.05) is 39.1 Å². The van der Waals surface area contributed by atoms with E-state index in [-0.39, 0.29) is 11.9 Å². The highest BCUT2D eigenvalue weighted by atomic mass is 16.2. The summed E-state index contributed by atoms with van der Waals surface area (Å²) in [5.74, 6) is 0.0780. The Balaban J connectivity index is 1.26. The van der Waals surface area contributed by atoms with Crippen LogP contribution in [0, 0.1) is 13.8 Å². The summed E-state index contributed by atoms with van der Waals surface area (Å²) in [6, 6.07) is 27.5. The first-order chi connectivity index (χ1) is 17.0. The molecule has 1 atom stereocenters. The number of hydrazone groups is 1. The minimum absolute atomic E-state index is 0.0567. The van der Waals surface area contributed by atoms with Gasteiger partial charge in [0.1, 0.15) is 0 Å². The monoisotopic (exact) mass is 466 g/mol. The standard InChI is InChI=1S/C30H34N4O/c1-23-8-12-26(13-9-23)28-20-29(27-14-10-24(2)11-15-27)34(31-28)30(35)22-33-18-16-32(17-19-33)21-25-6-4-3-5-7-25/h3-15,29H,16-22H2,1-2H3. The van der Waals surface area contributed by atoms with Gasteiger partial charge in [-0.1, -0.05) is 90.0 Å². The lowest BCUT2D eigenvalue weighted by atomic mass is 9.97. The molecule has 0 radical (unpaired) electrons. The van der Waals surface area contributed by atoms with Crippen molar-refractivity contribution in [2.75, 3.05) is 32.7 Å². The Kier molecular flexibility index (Phi) is 7.07. The van der Waals surface area contributed by atoms with Crippen LogP contribution in [0.2, 0.25) is 0 Å². The molecule has 5 heteroatoms. The molecule has 3 aromatic carbocycles. The van der Waals surface area contributed by atoms with Gasteiger partial charge in [0.15, 0.2) is 0 Å². The molecular weight excluding hydrogens is 432 g/mol. The van der Waals surface area contributed by atoms with Gasteiger partial charge in [-0.05, 0) is 30.5 Å². The van der Waals surface area contributed by atoms with Crippen molar-refractivity contribution in [2.45, 2.75) is 32.9 Å². The highest BCUT2D eigenvalue weighted by Gasteiger charge is 2.34. The van der Waals surface area contributed by atoms with Crippen molar-refractivity contribution in [2.24, 2.45) is 5.10 Å². The van der Waals surface area contributed by atoms with Crippen molar-refractivity contribution in [1.29, 1.82) is 0 Å². The fraction of sp³-hybridized carbons (Fsp3) is 0.333.